The predicted molar refractivity (Wildman–Crippen MR) is 102 cm³/mol. The quantitative estimate of drug-likeness (QED) is 0.695. The Kier molecular flexibility index (Phi) is 4.58. The molecule has 0 saturated heterocycles. The number of rotatable bonds is 4. The summed E-state index contributed by atoms with van der Waals surface area (Å²) >= 11 is 1.77. The van der Waals surface area contributed by atoms with Crippen LogP contribution in [0, 0.1) is 5.82 Å². The molecule has 4 rings (SSSR count). The van der Waals surface area contributed by atoms with E-state index in [0.717, 1.165) is 34.3 Å². The molecule has 1 aromatic heterocycles. The Bertz CT molecular complexity index is 940. The maximum absolute atomic E-state index is 12.9. The number of aryl methyl sites for hydroxylation is 1. The molecular weight excluding hydrogens is 349 g/mol. The van der Waals surface area contributed by atoms with Crippen LogP contribution >= 0.6 is 11.8 Å². The number of amides is 1. The fourth-order valence-corrected chi connectivity index (χ4v) is 3.65. The molecular formula is C20H16FN3OS. The Hall–Kier alpha value is -2.86. The predicted octanol–water partition coefficient (Wildman–Crippen LogP) is 4.45. The standard InChI is InChI=1S/C20H16FN3OS/c21-16-6-1-14(2-7-16)3-10-19(25)22-17-8-4-15(5-9-17)18-13-24-11-12-26-20(24)23-18/h1-10,13H,11-12H2,(H,22,25). The monoisotopic (exact) mass is 365 g/mol. The molecule has 1 aliphatic rings. The summed E-state index contributed by atoms with van der Waals surface area (Å²) in [6.45, 7) is 1.00. The van der Waals surface area contributed by atoms with Crippen LogP contribution in [0.1, 0.15) is 5.56 Å². The SMILES string of the molecule is O=C(C=Cc1ccc(F)cc1)Nc1ccc(-c2cn3c(n2)SCC3)cc1. The van der Waals surface area contributed by atoms with E-state index in [2.05, 4.69) is 21.1 Å². The molecule has 0 atom stereocenters. The summed E-state index contributed by atoms with van der Waals surface area (Å²) in [5, 5.41) is 3.87. The van der Waals surface area contributed by atoms with E-state index in [1.807, 2.05) is 24.3 Å². The van der Waals surface area contributed by atoms with Gasteiger partial charge in [0, 0.05) is 35.8 Å². The van der Waals surface area contributed by atoms with Gasteiger partial charge in [-0.05, 0) is 35.9 Å². The van der Waals surface area contributed by atoms with Crippen LogP contribution in [0.3, 0.4) is 0 Å². The molecule has 0 unspecified atom stereocenters. The van der Waals surface area contributed by atoms with Crippen LogP contribution < -0.4 is 5.32 Å². The number of aromatic nitrogens is 2. The molecule has 6 heteroatoms. The van der Waals surface area contributed by atoms with E-state index in [1.54, 1.807) is 30.0 Å². The third-order valence-electron chi connectivity index (χ3n) is 4.05. The zero-order valence-corrected chi connectivity index (χ0v) is 14.7. The van der Waals surface area contributed by atoms with Crippen LogP contribution in [0.15, 0.2) is 66.0 Å². The van der Waals surface area contributed by atoms with Gasteiger partial charge in [0.1, 0.15) is 5.82 Å². The van der Waals surface area contributed by atoms with Crippen molar-refractivity contribution in [2.24, 2.45) is 0 Å². The summed E-state index contributed by atoms with van der Waals surface area (Å²) in [6.07, 6.45) is 5.14. The van der Waals surface area contributed by atoms with Gasteiger partial charge in [-0.15, -0.1) is 0 Å². The van der Waals surface area contributed by atoms with Crippen LogP contribution in [0.5, 0.6) is 0 Å². The lowest BCUT2D eigenvalue weighted by molar-refractivity contribution is -0.111. The van der Waals surface area contributed by atoms with Gasteiger partial charge < -0.3 is 9.88 Å². The fourth-order valence-electron chi connectivity index (χ4n) is 2.70. The number of imidazole rings is 1. The van der Waals surface area contributed by atoms with Crippen molar-refractivity contribution in [3.05, 3.63) is 72.2 Å². The van der Waals surface area contributed by atoms with E-state index in [0.29, 0.717) is 5.69 Å². The molecule has 0 bridgehead atoms. The molecule has 130 valence electrons. The van der Waals surface area contributed by atoms with Gasteiger partial charge in [0.15, 0.2) is 5.16 Å². The maximum Gasteiger partial charge on any atom is 0.248 e. The third-order valence-corrected chi connectivity index (χ3v) is 5.02. The highest BCUT2D eigenvalue weighted by atomic mass is 32.2. The van der Waals surface area contributed by atoms with Crippen LogP contribution in [0.2, 0.25) is 0 Å². The lowest BCUT2D eigenvalue weighted by Crippen LogP contribution is -2.07. The topological polar surface area (TPSA) is 46.9 Å². The zero-order chi connectivity index (χ0) is 17.9. The van der Waals surface area contributed by atoms with Gasteiger partial charge >= 0.3 is 0 Å². The molecule has 1 N–H and O–H groups in total. The maximum atomic E-state index is 12.9. The Labute approximate surface area is 154 Å². The highest BCUT2D eigenvalue weighted by Gasteiger charge is 2.15. The first-order chi connectivity index (χ1) is 12.7. The van der Waals surface area contributed by atoms with Gasteiger partial charge in [-0.1, -0.05) is 36.0 Å². The first kappa shape index (κ1) is 16.6. The molecule has 3 aromatic rings. The number of thioether (sulfide) groups is 1. The van der Waals surface area contributed by atoms with E-state index < -0.39 is 0 Å². The first-order valence-corrected chi connectivity index (χ1v) is 9.21. The molecule has 2 heterocycles. The van der Waals surface area contributed by atoms with E-state index in [9.17, 15) is 9.18 Å². The Morgan fingerprint density at radius 2 is 1.92 bits per heavy atom. The molecule has 26 heavy (non-hydrogen) atoms. The second-order valence-electron chi connectivity index (χ2n) is 5.90. The van der Waals surface area contributed by atoms with Crippen molar-refractivity contribution in [1.29, 1.82) is 0 Å². The van der Waals surface area contributed by atoms with Gasteiger partial charge in [-0.3, -0.25) is 4.79 Å². The number of halogens is 1. The Balaban J connectivity index is 1.40. The van der Waals surface area contributed by atoms with E-state index in [4.69, 9.17) is 0 Å². The molecule has 0 radical (unpaired) electrons. The normalized spacial score (nSPS) is 13.1. The number of benzene rings is 2. The van der Waals surface area contributed by atoms with Gasteiger partial charge in [-0.2, -0.15) is 0 Å². The van der Waals surface area contributed by atoms with Crippen molar-refractivity contribution in [1.82, 2.24) is 9.55 Å². The Morgan fingerprint density at radius 3 is 2.65 bits per heavy atom. The van der Waals surface area contributed by atoms with Gasteiger partial charge in [-0.25, -0.2) is 9.37 Å². The smallest absolute Gasteiger partial charge is 0.248 e. The van der Waals surface area contributed by atoms with Crippen molar-refractivity contribution < 1.29 is 9.18 Å². The lowest BCUT2D eigenvalue weighted by Gasteiger charge is -2.03. The highest BCUT2D eigenvalue weighted by Crippen LogP contribution is 2.29. The number of hydrogen-bond donors (Lipinski definition) is 1. The highest BCUT2D eigenvalue weighted by molar-refractivity contribution is 7.99. The van der Waals surface area contributed by atoms with Gasteiger partial charge in [0.05, 0.1) is 5.69 Å². The minimum atomic E-state index is -0.298. The van der Waals surface area contributed by atoms with Crippen molar-refractivity contribution in [2.75, 3.05) is 11.1 Å². The lowest BCUT2D eigenvalue weighted by atomic mass is 10.1. The average molecular weight is 365 g/mol. The molecule has 1 amide bonds. The van der Waals surface area contributed by atoms with Crippen LogP contribution in [-0.2, 0) is 11.3 Å². The molecule has 0 spiro atoms. The molecule has 4 nitrogen and oxygen atoms in total. The summed E-state index contributed by atoms with van der Waals surface area (Å²) in [7, 11) is 0. The van der Waals surface area contributed by atoms with Crippen LogP contribution in [-0.4, -0.2) is 21.2 Å². The molecule has 2 aromatic carbocycles. The minimum absolute atomic E-state index is 0.237. The van der Waals surface area contributed by atoms with E-state index >= 15 is 0 Å². The summed E-state index contributed by atoms with van der Waals surface area (Å²) in [5.74, 6) is 0.548. The van der Waals surface area contributed by atoms with E-state index in [1.165, 1.54) is 18.2 Å². The van der Waals surface area contributed by atoms with Gasteiger partial charge in [0.2, 0.25) is 5.91 Å². The number of fused-ring (bicyclic) bond motifs is 1. The average Bonchev–Trinajstić information content (AvgIpc) is 3.24. The molecule has 0 fully saturated rings. The zero-order valence-electron chi connectivity index (χ0n) is 13.9. The minimum Gasteiger partial charge on any atom is -0.325 e. The number of carbonyl (C=O) groups excluding carboxylic acids is 1. The van der Waals surface area contributed by atoms with Crippen molar-refractivity contribution in [2.45, 2.75) is 11.7 Å². The number of hydrogen-bond acceptors (Lipinski definition) is 3. The number of nitrogens with one attached hydrogen (secondary N) is 1. The van der Waals surface area contributed by atoms with E-state index in [-0.39, 0.29) is 11.7 Å². The van der Waals surface area contributed by atoms with Crippen LogP contribution in [0.4, 0.5) is 10.1 Å². The second-order valence-corrected chi connectivity index (χ2v) is 6.96. The summed E-state index contributed by atoms with van der Waals surface area (Å²) < 4.78 is 15.0. The van der Waals surface area contributed by atoms with Crippen LogP contribution in [0.25, 0.3) is 17.3 Å². The summed E-state index contributed by atoms with van der Waals surface area (Å²) in [5.41, 5.74) is 3.44. The number of carbonyl (C=O) groups is 1. The second kappa shape index (κ2) is 7.17. The number of nitrogens with zero attached hydrogens (tertiary/aromatic N) is 2. The Morgan fingerprint density at radius 1 is 1.15 bits per heavy atom. The fraction of sp³-hybridized carbons (Fsp3) is 0.100. The third kappa shape index (κ3) is 3.70. The first-order valence-electron chi connectivity index (χ1n) is 8.22. The van der Waals surface area contributed by atoms with Crippen molar-refractivity contribution in [3.63, 3.8) is 0 Å². The van der Waals surface area contributed by atoms with Gasteiger partial charge in [0.25, 0.3) is 0 Å². The molecule has 0 aliphatic carbocycles. The summed E-state index contributed by atoms with van der Waals surface area (Å²) in [4.78, 5) is 16.6. The van der Waals surface area contributed by atoms with Crippen molar-refractivity contribution >= 4 is 29.4 Å². The number of anilines is 1. The largest absolute Gasteiger partial charge is 0.325 e. The summed E-state index contributed by atoms with van der Waals surface area (Å²) in [6, 6.07) is 13.6. The molecule has 0 saturated carbocycles. The molecule has 1 aliphatic heterocycles. The van der Waals surface area contributed by atoms with Crippen molar-refractivity contribution in [3.8, 4) is 11.3 Å².